The summed E-state index contributed by atoms with van der Waals surface area (Å²) in [6.07, 6.45) is 8.38. The third-order valence-corrected chi connectivity index (χ3v) is 25.6. The van der Waals surface area contributed by atoms with Gasteiger partial charge in [-0.1, -0.05) is 154 Å². The van der Waals surface area contributed by atoms with E-state index < -0.39 is 122 Å². The van der Waals surface area contributed by atoms with Crippen molar-refractivity contribution in [2.45, 2.75) is 80.1 Å². The average molecular weight is 2010 g/mol. The number of hydrogen-bond acceptors (Lipinski definition) is 21. The van der Waals surface area contributed by atoms with Gasteiger partial charge in [0.15, 0.2) is 52.2 Å². The Morgan fingerprint density at radius 3 is 0.859 bits per heavy atom. The molecule has 15 rings (SSSR count). The third kappa shape index (κ3) is 17.7. The van der Waals surface area contributed by atoms with E-state index in [-0.39, 0.29) is 207 Å². The number of benzene rings is 3. The predicted octanol–water partition coefficient (Wildman–Crippen LogP) is 19.1. The number of piperazine rings is 3. The van der Waals surface area contributed by atoms with Gasteiger partial charge in [0.05, 0.1) is 115 Å². The molecule has 0 spiro atoms. The van der Waals surface area contributed by atoms with Gasteiger partial charge < -0.3 is 44.7 Å². The Kier molecular flexibility index (Phi) is 29.3. The molecular weight excluding hydrogens is 1930 g/mol. The Hall–Kier alpha value is -13.1. The van der Waals surface area contributed by atoms with E-state index in [2.05, 4.69) is 49.6 Å². The first-order valence-corrected chi connectivity index (χ1v) is 44.1. The fraction of sp³-hybridized carbons (Fsp3) is 0.258. The molecule has 3 amide bonds. The van der Waals surface area contributed by atoms with Crippen LogP contribution in [0.3, 0.4) is 0 Å². The Labute approximate surface area is 804 Å². The highest BCUT2D eigenvalue weighted by Crippen LogP contribution is 2.51. The van der Waals surface area contributed by atoms with Gasteiger partial charge in [0.2, 0.25) is 23.5 Å². The number of nitrogens with zero attached hydrogens (tertiary/aromatic N) is 18. The van der Waals surface area contributed by atoms with Crippen LogP contribution in [0.2, 0.25) is 40.2 Å². The molecule has 3 N–H and O–H groups in total. The number of aromatic hydroxyl groups is 3. The number of nitriles is 3. The zero-order chi connectivity index (χ0) is 98.7. The summed E-state index contributed by atoms with van der Waals surface area (Å²) in [5, 5.41) is 57.4. The van der Waals surface area contributed by atoms with Crippen molar-refractivity contribution in [2.24, 2.45) is 0 Å². The molecule has 3 aliphatic rings. The monoisotopic (exact) mass is 2000 g/mol. The second-order valence-corrected chi connectivity index (χ2v) is 35.1. The first-order chi connectivity index (χ1) is 64.0. The number of pyridine rings is 9. The number of rotatable bonds is 15. The van der Waals surface area contributed by atoms with Gasteiger partial charge in [0.1, 0.15) is 61.9 Å². The minimum absolute atomic E-state index is 0.0357. The maximum Gasteiger partial charge on any atom is 0.276 e. The van der Waals surface area contributed by atoms with Crippen molar-refractivity contribution in [3.05, 3.63) is 255 Å². The van der Waals surface area contributed by atoms with Gasteiger partial charge >= 0.3 is 0 Å². The van der Waals surface area contributed by atoms with E-state index in [1.807, 2.05) is 59.8 Å². The van der Waals surface area contributed by atoms with E-state index in [9.17, 15) is 77.4 Å². The van der Waals surface area contributed by atoms with Gasteiger partial charge in [-0.2, -0.15) is 20.2 Å². The molecule has 3 fully saturated rings. The molecule has 0 aliphatic carbocycles. The molecule has 0 saturated carbocycles. The standard InChI is InChI=1S/2C31H25Cl3F2N6O3.C31H25Cl2F3N6O3/c2*1-5-19(43)40-8-10-41(11-9-40)28-16-12-18(32)26(20-21(33)29(44)24(36)22(34)23(20)35)39-30(16)42(31(45)17(28)13-37)27-15(4)6-7-38-25(27)14(2)3;1-5-19(43)40-8-10-41(11-9-40)28-16-12-18(32)26(20-21(33)29(44)24(36)23(35)22(20)34)39-30(16)42(31(45)17(28)13-37)27-15(4)6-7-38-25(27)14(2)3/h3*5-7,12,14,44H,1,8-11H2,2-4H3. The van der Waals surface area contributed by atoms with Crippen LogP contribution in [0.5, 0.6) is 17.2 Å². The van der Waals surface area contributed by atoms with E-state index in [0.717, 1.165) is 4.57 Å². The quantitative estimate of drug-likeness (QED) is 0.0371. The SMILES string of the molecule is C=CC(=O)N1CCN(c2c(C#N)c(=O)n(-c3c(C)ccnc3C(C)C)c3nc(-c4c(F)c(Cl)c(F)c(O)c4Cl)c(Cl)cc23)CC1.C=CC(=O)N1CCN(c2c(C#N)c(=O)n(-c3c(C)ccnc3C(C)C)c3nc(-c4c(F)c(Cl)c(F)c(O)c4Cl)c(Cl)cc23)CC1.C=CC(=O)N1CCN(c2c(C#N)c(=O)n(-c3c(C)ccnc3C(C)C)c3nc(-c4c(F)c(F)c(F)c(O)c4Cl)c(Cl)cc23)CC1. The van der Waals surface area contributed by atoms with E-state index in [4.69, 9.17) is 92.8 Å². The van der Waals surface area contributed by atoms with Crippen molar-refractivity contribution >= 4 is 161 Å². The molecule has 135 heavy (non-hydrogen) atoms. The summed E-state index contributed by atoms with van der Waals surface area (Å²) in [7, 11) is 0. The molecule has 3 saturated heterocycles. The van der Waals surface area contributed by atoms with Crippen molar-refractivity contribution in [3.63, 3.8) is 0 Å². The van der Waals surface area contributed by atoms with Crippen LogP contribution in [0, 0.1) is 95.5 Å². The fourth-order valence-corrected chi connectivity index (χ4v) is 18.3. The number of phenolic OH excluding ortho intramolecular Hbond substituents is 3. The summed E-state index contributed by atoms with van der Waals surface area (Å²) in [5.74, 6) is -16.1. The number of fused-ring (bicyclic) bond motifs is 3. The van der Waals surface area contributed by atoms with Gasteiger partial charge in [-0.15, -0.1) is 0 Å². The van der Waals surface area contributed by atoms with Crippen molar-refractivity contribution in [1.82, 2.24) is 58.3 Å². The molecule has 0 atom stereocenters. The van der Waals surface area contributed by atoms with Crippen molar-refractivity contribution in [2.75, 3.05) is 93.2 Å². The van der Waals surface area contributed by atoms with Crippen LogP contribution in [0.15, 0.2) is 107 Å². The van der Waals surface area contributed by atoms with Crippen LogP contribution in [0.1, 0.15) is 110 Å². The van der Waals surface area contributed by atoms with E-state index >= 15 is 13.2 Å². The average Bonchev–Trinajstić information content (AvgIpc) is 0.728. The lowest BCUT2D eigenvalue weighted by Gasteiger charge is -2.36. The molecule has 3 aliphatic heterocycles. The van der Waals surface area contributed by atoms with Crippen LogP contribution in [0.4, 0.5) is 47.8 Å². The Morgan fingerprint density at radius 1 is 0.378 bits per heavy atom. The van der Waals surface area contributed by atoms with E-state index in [1.54, 1.807) is 87.0 Å². The lowest BCUT2D eigenvalue weighted by atomic mass is 10.0. The minimum Gasteiger partial charge on any atom is -0.504 e. The molecule has 42 heteroatoms. The summed E-state index contributed by atoms with van der Waals surface area (Å²) >= 11 is 50.2. The number of hydrogen-bond donors (Lipinski definition) is 3. The molecule has 696 valence electrons. The molecule has 27 nitrogen and oxygen atoms in total. The van der Waals surface area contributed by atoms with Gasteiger partial charge in [-0.25, -0.2) is 41.3 Å². The zero-order valence-electron chi connectivity index (χ0n) is 72.8. The van der Waals surface area contributed by atoms with Gasteiger partial charge in [-0.05, 0) is 110 Å². The van der Waals surface area contributed by atoms with Crippen LogP contribution >= 0.6 is 92.8 Å². The highest BCUT2D eigenvalue weighted by molar-refractivity contribution is 6.41. The molecule has 0 unspecified atom stereocenters. The largest absolute Gasteiger partial charge is 0.504 e. The summed E-state index contributed by atoms with van der Waals surface area (Å²) in [6.45, 7) is 30.2. The van der Waals surface area contributed by atoms with Gasteiger partial charge in [0.25, 0.3) is 16.7 Å². The van der Waals surface area contributed by atoms with E-state index in [0.29, 0.717) is 50.8 Å². The summed E-state index contributed by atoms with van der Waals surface area (Å²) in [4.78, 5) is 117. The number of carbonyl (C=O) groups excluding carboxylic acids is 3. The second kappa shape index (κ2) is 39.8. The predicted molar refractivity (Wildman–Crippen MR) is 504 cm³/mol. The maximum absolute atomic E-state index is 15.5. The topological polar surface area (TPSA) is 346 Å². The van der Waals surface area contributed by atoms with Crippen molar-refractivity contribution < 1.29 is 60.4 Å². The Bertz CT molecular complexity index is 6650. The lowest BCUT2D eigenvalue weighted by molar-refractivity contribution is -0.127. The number of anilines is 3. The summed E-state index contributed by atoms with van der Waals surface area (Å²) in [6, 6.07) is 15.3. The highest BCUT2D eigenvalue weighted by Gasteiger charge is 2.39. The molecule has 0 bridgehead atoms. The lowest BCUT2D eigenvalue weighted by Crippen LogP contribution is -2.49. The van der Waals surface area contributed by atoms with Crippen molar-refractivity contribution in [3.8, 4) is 86.3 Å². The zero-order valence-corrected chi connectivity index (χ0v) is 78.8. The molecule has 3 aromatic carbocycles. The first-order valence-electron chi connectivity index (χ1n) is 41.1. The third-order valence-electron chi connectivity index (χ3n) is 23.0. The Balaban J connectivity index is 0.000000171. The summed E-state index contributed by atoms with van der Waals surface area (Å²) < 4.78 is 107. The van der Waals surface area contributed by atoms with Gasteiger partial charge in [-0.3, -0.25) is 57.4 Å². The van der Waals surface area contributed by atoms with Crippen LogP contribution < -0.4 is 31.4 Å². The first kappa shape index (κ1) is 99.4. The number of amides is 3. The smallest absolute Gasteiger partial charge is 0.276 e. The van der Waals surface area contributed by atoms with Crippen LogP contribution in [0.25, 0.3) is 83.9 Å². The van der Waals surface area contributed by atoms with Gasteiger partial charge in [0, 0.05) is 113 Å². The Morgan fingerprint density at radius 2 is 0.622 bits per heavy atom. The highest BCUT2D eigenvalue weighted by atomic mass is 35.5. The number of phenols is 3. The number of halogens is 15. The molecule has 9 aromatic heterocycles. The molecule has 0 radical (unpaired) electrons. The number of aromatic nitrogens is 9. The molecular formula is C93H75Cl8F7N18O9. The maximum atomic E-state index is 15.5. The van der Waals surface area contributed by atoms with Crippen molar-refractivity contribution in [1.29, 1.82) is 15.8 Å². The fourth-order valence-electron chi connectivity index (χ4n) is 16.4. The second-order valence-electron chi connectivity index (χ2n) is 32.0. The number of aryl methyl sites for hydroxylation is 3. The van der Waals surface area contributed by atoms with Crippen LogP contribution in [-0.2, 0) is 14.4 Å². The molecule has 12 aromatic rings. The minimum atomic E-state index is -2.00. The number of carbonyl (C=O) groups is 3. The van der Waals surface area contributed by atoms with E-state index in [1.165, 1.54) is 45.6 Å². The molecule has 12 heterocycles. The normalized spacial score (nSPS) is 13.4. The summed E-state index contributed by atoms with van der Waals surface area (Å²) in [5.41, 5.74) is -1.17. The van der Waals surface area contributed by atoms with Crippen LogP contribution in [-0.4, -0.2) is 170 Å².